The predicted molar refractivity (Wildman–Crippen MR) is 92.8 cm³/mol. The molecule has 0 saturated carbocycles. The monoisotopic (exact) mass is 327 g/mol. The van der Waals surface area contributed by atoms with Crippen LogP contribution in [0.15, 0.2) is 42.5 Å². The molecule has 3 nitrogen and oxygen atoms in total. The summed E-state index contributed by atoms with van der Waals surface area (Å²) in [6, 6.07) is 12.9. The lowest BCUT2D eigenvalue weighted by Gasteiger charge is -2.22. The van der Waals surface area contributed by atoms with E-state index in [1.807, 2.05) is 31.2 Å². The summed E-state index contributed by atoms with van der Waals surface area (Å²) in [5.74, 6) is 2.80. The maximum absolute atomic E-state index is 12.8. The molecule has 0 N–H and O–H groups in total. The second-order valence-corrected chi connectivity index (χ2v) is 5.63. The number of ether oxygens (including phenoxy) is 1. The van der Waals surface area contributed by atoms with Gasteiger partial charge in [-0.2, -0.15) is 0 Å². The van der Waals surface area contributed by atoms with Gasteiger partial charge in [-0.1, -0.05) is 47.4 Å². The summed E-state index contributed by atoms with van der Waals surface area (Å²) in [6.07, 6.45) is 5.42. The largest absolute Gasteiger partial charge is 0.496 e. The molecule has 0 heterocycles. The van der Waals surface area contributed by atoms with Gasteiger partial charge in [0, 0.05) is 11.6 Å². The van der Waals surface area contributed by atoms with Crippen molar-refractivity contribution in [2.45, 2.75) is 13.5 Å². The van der Waals surface area contributed by atoms with Crippen LogP contribution < -0.4 is 4.74 Å². The van der Waals surface area contributed by atoms with Crippen molar-refractivity contribution in [3.05, 3.63) is 64.2 Å². The highest BCUT2D eigenvalue weighted by atomic mass is 35.5. The molecule has 4 heteroatoms. The van der Waals surface area contributed by atoms with Crippen LogP contribution in [0.5, 0.6) is 5.75 Å². The Morgan fingerprint density at radius 2 is 1.96 bits per heavy atom. The summed E-state index contributed by atoms with van der Waals surface area (Å²) >= 11 is 6.01. The van der Waals surface area contributed by atoms with Gasteiger partial charge in [-0.05, 0) is 30.7 Å². The van der Waals surface area contributed by atoms with Gasteiger partial charge in [0.15, 0.2) is 0 Å². The molecule has 1 amide bonds. The number of carbonyl (C=O) groups excluding carboxylic acids is 1. The number of terminal acetylenes is 1. The van der Waals surface area contributed by atoms with Crippen LogP contribution in [0, 0.1) is 19.3 Å². The summed E-state index contributed by atoms with van der Waals surface area (Å²) in [6.45, 7) is 2.66. The SMILES string of the molecule is C#CCN(Cc1ccc(C)cc1)C(=O)c1cc(Cl)ccc1OC. The van der Waals surface area contributed by atoms with E-state index in [0.717, 1.165) is 5.56 Å². The Morgan fingerprint density at radius 3 is 2.57 bits per heavy atom. The first kappa shape index (κ1) is 16.9. The zero-order valence-electron chi connectivity index (χ0n) is 13.2. The normalized spacial score (nSPS) is 10.0. The summed E-state index contributed by atoms with van der Waals surface area (Å²) in [7, 11) is 1.52. The number of aryl methyl sites for hydroxylation is 1. The van der Waals surface area contributed by atoms with Crippen LogP contribution in [-0.4, -0.2) is 24.5 Å². The van der Waals surface area contributed by atoms with Gasteiger partial charge in [-0.15, -0.1) is 6.42 Å². The number of methoxy groups -OCH3 is 1. The highest BCUT2D eigenvalue weighted by Crippen LogP contribution is 2.24. The molecule has 0 aromatic heterocycles. The van der Waals surface area contributed by atoms with Gasteiger partial charge in [-0.25, -0.2) is 0 Å². The fourth-order valence-corrected chi connectivity index (χ4v) is 2.41. The first-order chi connectivity index (χ1) is 11.0. The van der Waals surface area contributed by atoms with Crippen molar-refractivity contribution in [2.75, 3.05) is 13.7 Å². The van der Waals surface area contributed by atoms with E-state index in [0.29, 0.717) is 22.9 Å². The van der Waals surface area contributed by atoms with Crippen molar-refractivity contribution < 1.29 is 9.53 Å². The average Bonchev–Trinajstić information content (AvgIpc) is 2.55. The minimum atomic E-state index is -0.206. The van der Waals surface area contributed by atoms with Gasteiger partial charge in [0.25, 0.3) is 5.91 Å². The molecule has 2 rings (SSSR count). The van der Waals surface area contributed by atoms with Gasteiger partial charge in [0.1, 0.15) is 5.75 Å². The van der Waals surface area contributed by atoms with E-state index in [-0.39, 0.29) is 12.5 Å². The Bertz CT molecular complexity index is 732. The average molecular weight is 328 g/mol. The molecule has 0 unspecified atom stereocenters. The third-order valence-corrected chi connectivity index (χ3v) is 3.69. The van der Waals surface area contributed by atoms with Crippen molar-refractivity contribution in [3.8, 4) is 18.1 Å². The molecule has 0 aliphatic rings. The zero-order valence-corrected chi connectivity index (χ0v) is 13.9. The number of hydrogen-bond acceptors (Lipinski definition) is 2. The second-order valence-electron chi connectivity index (χ2n) is 5.20. The molecule has 0 atom stereocenters. The summed E-state index contributed by atoms with van der Waals surface area (Å²) in [5.41, 5.74) is 2.59. The van der Waals surface area contributed by atoms with E-state index in [9.17, 15) is 4.79 Å². The van der Waals surface area contributed by atoms with E-state index in [1.54, 1.807) is 23.1 Å². The number of halogens is 1. The quantitative estimate of drug-likeness (QED) is 0.779. The Kier molecular flexibility index (Phi) is 5.67. The van der Waals surface area contributed by atoms with Crippen LogP contribution in [0.1, 0.15) is 21.5 Å². The maximum Gasteiger partial charge on any atom is 0.258 e. The van der Waals surface area contributed by atoms with Gasteiger partial charge in [0.2, 0.25) is 0 Å². The highest BCUT2D eigenvalue weighted by molar-refractivity contribution is 6.31. The topological polar surface area (TPSA) is 29.5 Å². The second kappa shape index (κ2) is 7.71. The molecule has 2 aromatic carbocycles. The van der Waals surface area contributed by atoms with Crippen LogP contribution in [0.4, 0.5) is 0 Å². The Balaban J connectivity index is 2.30. The lowest BCUT2D eigenvalue weighted by molar-refractivity contribution is 0.0762. The van der Waals surface area contributed by atoms with Crippen molar-refractivity contribution in [3.63, 3.8) is 0 Å². The molecule has 0 spiro atoms. The Morgan fingerprint density at radius 1 is 1.26 bits per heavy atom. The van der Waals surface area contributed by atoms with Crippen LogP contribution in [0.2, 0.25) is 5.02 Å². The van der Waals surface area contributed by atoms with Crippen molar-refractivity contribution in [1.29, 1.82) is 0 Å². The zero-order chi connectivity index (χ0) is 16.8. The lowest BCUT2D eigenvalue weighted by atomic mass is 10.1. The van der Waals surface area contributed by atoms with Crippen molar-refractivity contribution in [2.24, 2.45) is 0 Å². The lowest BCUT2D eigenvalue weighted by Crippen LogP contribution is -2.31. The molecule has 0 saturated heterocycles. The molecule has 0 aliphatic heterocycles. The molecule has 0 aliphatic carbocycles. The Hall–Kier alpha value is -2.44. The predicted octanol–water partition coefficient (Wildman–Crippen LogP) is 3.93. The molecule has 0 fully saturated rings. The van der Waals surface area contributed by atoms with E-state index in [1.165, 1.54) is 12.7 Å². The molecule has 118 valence electrons. The van der Waals surface area contributed by atoms with Crippen molar-refractivity contribution in [1.82, 2.24) is 4.90 Å². The molecule has 0 radical (unpaired) electrons. The van der Waals surface area contributed by atoms with Gasteiger partial charge >= 0.3 is 0 Å². The number of hydrogen-bond donors (Lipinski definition) is 0. The molecular formula is C19H18ClNO2. The first-order valence-corrected chi connectivity index (χ1v) is 7.54. The number of benzene rings is 2. The summed E-state index contributed by atoms with van der Waals surface area (Å²) in [4.78, 5) is 14.4. The number of carbonyl (C=O) groups is 1. The number of nitrogens with zero attached hydrogens (tertiary/aromatic N) is 1. The number of amides is 1. The molecular weight excluding hydrogens is 310 g/mol. The minimum Gasteiger partial charge on any atom is -0.496 e. The van der Waals surface area contributed by atoms with Crippen LogP contribution in [-0.2, 0) is 6.54 Å². The third kappa shape index (κ3) is 4.28. The van der Waals surface area contributed by atoms with Gasteiger partial charge < -0.3 is 9.64 Å². The molecule has 2 aromatic rings. The molecule has 23 heavy (non-hydrogen) atoms. The fraction of sp³-hybridized carbons (Fsp3) is 0.211. The van der Waals surface area contributed by atoms with E-state index < -0.39 is 0 Å². The highest BCUT2D eigenvalue weighted by Gasteiger charge is 2.19. The minimum absolute atomic E-state index is 0.206. The van der Waals surface area contributed by atoms with Crippen molar-refractivity contribution >= 4 is 17.5 Å². The molecule has 0 bridgehead atoms. The summed E-state index contributed by atoms with van der Waals surface area (Å²) in [5, 5.41) is 0.477. The van der Waals surface area contributed by atoms with E-state index in [4.69, 9.17) is 22.8 Å². The van der Waals surface area contributed by atoms with Gasteiger partial charge in [0.05, 0.1) is 19.2 Å². The third-order valence-electron chi connectivity index (χ3n) is 3.46. The van der Waals surface area contributed by atoms with E-state index >= 15 is 0 Å². The van der Waals surface area contributed by atoms with Crippen LogP contribution >= 0.6 is 11.6 Å². The van der Waals surface area contributed by atoms with Crippen LogP contribution in [0.25, 0.3) is 0 Å². The van der Waals surface area contributed by atoms with E-state index in [2.05, 4.69) is 5.92 Å². The number of rotatable bonds is 5. The first-order valence-electron chi connectivity index (χ1n) is 7.17. The summed E-state index contributed by atoms with van der Waals surface area (Å²) < 4.78 is 5.26. The standard InChI is InChI=1S/C19H18ClNO2/c1-4-11-21(13-15-7-5-14(2)6-8-15)19(22)17-12-16(20)9-10-18(17)23-3/h1,5-10,12H,11,13H2,2-3H3. The van der Waals surface area contributed by atoms with Crippen LogP contribution in [0.3, 0.4) is 0 Å². The van der Waals surface area contributed by atoms with Gasteiger partial charge in [-0.3, -0.25) is 4.79 Å². The fourth-order valence-electron chi connectivity index (χ4n) is 2.24. The Labute approximate surface area is 141 Å². The smallest absolute Gasteiger partial charge is 0.258 e. The maximum atomic E-state index is 12.8.